The summed E-state index contributed by atoms with van der Waals surface area (Å²) in [4.78, 5) is 0.372. The van der Waals surface area contributed by atoms with Gasteiger partial charge >= 0.3 is 0 Å². The van der Waals surface area contributed by atoms with Gasteiger partial charge in [0.05, 0.1) is 4.90 Å². The van der Waals surface area contributed by atoms with Crippen LogP contribution in [0, 0.1) is 12.8 Å². The van der Waals surface area contributed by atoms with Crippen LogP contribution < -0.4 is 4.72 Å². The number of hydrogen-bond acceptors (Lipinski definition) is 2. The summed E-state index contributed by atoms with van der Waals surface area (Å²) in [6.07, 6.45) is 5.44. The Morgan fingerprint density at radius 3 is 2.53 bits per heavy atom. The van der Waals surface area contributed by atoms with Crippen LogP contribution in [-0.4, -0.2) is 14.5 Å². The summed E-state index contributed by atoms with van der Waals surface area (Å²) in [6, 6.07) is 7.13. The number of aryl methyl sites for hydroxylation is 1. The van der Waals surface area contributed by atoms with Crippen molar-refractivity contribution >= 4 is 10.0 Å². The standard InChI is InChI=1S/C15H23NO2S/c1-3-13-5-4-6-14(11-13)16-19(17,18)15-9-7-12(2)8-10-15/h7-10,13-14,16H,3-6,11H2,1-2H3/t13-,14-/m0/s1. The first-order valence-electron chi connectivity index (χ1n) is 7.10. The largest absolute Gasteiger partial charge is 0.240 e. The first-order chi connectivity index (χ1) is 9.01. The van der Waals surface area contributed by atoms with Gasteiger partial charge in [0.2, 0.25) is 10.0 Å². The molecule has 0 bridgehead atoms. The molecule has 1 fully saturated rings. The molecule has 1 saturated carbocycles. The smallest absolute Gasteiger partial charge is 0.208 e. The highest BCUT2D eigenvalue weighted by molar-refractivity contribution is 7.89. The summed E-state index contributed by atoms with van der Waals surface area (Å²) in [6.45, 7) is 4.14. The minimum atomic E-state index is -3.36. The number of hydrogen-bond donors (Lipinski definition) is 1. The molecule has 3 nitrogen and oxygen atoms in total. The molecule has 0 amide bonds. The van der Waals surface area contributed by atoms with Gasteiger partial charge in [-0.05, 0) is 37.8 Å². The van der Waals surface area contributed by atoms with Gasteiger partial charge in [0.1, 0.15) is 0 Å². The lowest BCUT2D eigenvalue weighted by atomic mass is 9.85. The molecular formula is C15H23NO2S. The first kappa shape index (κ1) is 14.5. The molecule has 0 spiro atoms. The monoisotopic (exact) mass is 281 g/mol. The van der Waals surface area contributed by atoms with E-state index in [1.807, 2.05) is 19.1 Å². The van der Waals surface area contributed by atoms with Gasteiger partial charge in [-0.1, -0.05) is 43.9 Å². The molecule has 1 N–H and O–H groups in total. The summed E-state index contributed by atoms with van der Waals surface area (Å²) in [5, 5.41) is 0. The van der Waals surface area contributed by atoms with Gasteiger partial charge in [0.25, 0.3) is 0 Å². The average molecular weight is 281 g/mol. The number of sulfonamides is 1. The van der Waals surface area contributed by atoms with Crippen LogP contribution in [0.15, 0.2) is 29.2 Å². The summed E-state index contributed by atoms with van der Waals surface area (Å²) in [5.74, 6) is 0.666. The highest BCUT2D eigenvalue weighted by Gasteiger charge is 2.25. The molecule has 1 aromatic carbocycles. The second-order valence-electron chi connectivity index (χ2n) is 5.57. The van der Waals surface area contributed by atoms with Gasteiger partial charge in [0, 0.05) is 6.04 Å². The van der Waals surface area contributed by atoms with Crippen LogP contribution in [0.25, 0.3) is 0 Å². The Morgan fingerprint density at radius 1 is 1.21 bits per heavy atom. The van der Waals surface area contributed by atoms with Crippen molar-refractivity contribution in [2.45, 2.75) is 56.9 Å². The van der Waals surface area contributed by atoms with Crippen molar-refractivity contribution in [3.63, 3.8) is 0 Å². The maximum Gasteiger partial charge on any atom is 0.240 e. The van der Waals surface area contributed by atoms with E-state index in [0.29, 0.717) is 10.8 Å². The third kappa shape index (κ3) is 3.80. The topological polar surface area (TPSA) is 46.2 Å². The van der Waals surface area contributed by atoms with Crippen molar-refractivity contribution in [1.82, 2.24) is 4.72 Å². The van der Waals surface area contributed by atoms with Crippen molar-refractivity contribution in [3.05, 3.63) is 29.8 Å². The van der Waals surface area contributed by atoms with Crippen LogP contribution in [-0.2, 0) is 10.0 Å². The molecule has 0 saturated heterocycles. The molecule has 2 atom stereocenters. The van der Waals surface area contributed by atoms with E-state index in [9.17, 15) is 8.42 Å². The minimum absolute atomic E-state index is 0.102. The molecular weight excluding hydrogens is 258 g/mol. The molecule has 1 aromatic rings. The van der Waals surface area contributed by atoms with Gasteiger partial charge in [-0.25, -0.2) is 13.1 Å². The Labute approximate surface area is 116 Å². The maximum atomic E-state index is 12.3. The zero-order valence-corrected chi connectivity index (χ0v) is 12.5. The molecule has 1 aliphatic rings. The van der Waals surface area contributed by atoms with E-state index in [0.717, 1.165) is 31.2 Å². The van der Waals surface area contributed by atoms with Crippen molar-refractivity contribution in [1.29, 1.82) is 0 Å². The van der Waals surface area contributed by atoms with Gasteiger partial charge in [-0.3, -0.25) is 0 Å². The Hall–Kier alpha value is -0.870. The number of rotatable bonds is 4. The van der Waals surface area contributed by atoms with E-state index < -0.39 is 10.0 Å². The SMILES string of the molecule is CC[C@H]1CCC[C@H](NS(=O)(=O)c2ccc(C)cc2)C1. The van der Waals surface area contributed by atoms with Gasteiger partial charge in [-0.2, -0.15) is 0 Å². The highest BCUT2D eigenvalue weighted by Crippen LogP contribution is 2.27. The predicted octanol–water partition coefficient (Wildman–Crippen LogP) is 3.24. The summed E-state index contributed by atoms with van der Waals surface area (Å²) >= 11 is 0. The van der Waals surface area contributed by atoms with E-state index in [2.05, 4.69) is 11.6 Å². The molecule has 0 aliphatic heterocycles. The lowest BCUT2D eigenvalue weighted by Crippen LogP contribution is -2.38. The van der Waals surface area contributed by atoms with Crippen LogP contribution in [0.4, 0.5) is 0 Å². The summed E-state index contributed by atoms with van der Waals surface area (Å²) < 4.78 is 27.5. The zero-order chi connectivity index (χ0) is 13.9. The third-order valence-electron chi connectivity index (χ3n) is 4.01. The second-order valence-corrected chi connectivity index (χ2v) is 7.29. The average Bonchev–Trinajstić information content (AvgIpc) is 2.39. The molecule has 0 radical (unpaired) electrons. The van der Waals surface area contributed by atoms with Gasteiger partial charge in [-0.15, -0.1) is 0 Å². The van der Waals surface area contributed by atoms with Gasteiger partial charge < -0.3 is 0 Å². The van der Waals surface area contributed by atoms with E-state index >= 15 is 0 Å². The molecule has 0 aromatic heterocycles. The third-order valence-corrected chi connectivity index (χ3v) is 5.55. The van der Waals surface area contributed by atoms with Crippen LogP contribution >= 0.6 is 0 Å². The quantitative estimate of drug-likeness (QED) is 0.921. The van der Waals surface area contributed by atoms with Crippen LogP contribution in [0.2, 0.25) is 0 Å². The Morgan fingerprint density at radius 2 is 1.89 bits per heavy atom. The Balaban J connectivity index is 2.06. The minimum Gasteiger partial charge on any atom is -0.208 e. The fourth-order valence-corrected chi connectivity index (χ4v) is 4.06. The summed E-state index contributed by atoms with van der Waals surface area (Å²) in [5.41, 5.74) is 1.07. The molecule has 2 rings (SSSR count). The van der Waals surface area contributed by atoms with E-state index in [1.54, 1.807) is 12.1 Å². The maximum absolute atomic E-state index is 12.3. The fraction of sp³-hybridized carbons (Fsp3) is 0.600. The molecule has 106 valence electrons. The summed E-state index contributed by atoms with van der Waals surface area (Å²) in [7, 11) is -3.36. The van der Waals surface area contributed by atoms with E-state index in [1.165, 1.54) is 6.42 Å². The zero-order valence-electron chi connectivity index (χ0n) is 11.7. The molecule has 0 unspecified atom stereocenters. The predicted molar refractivity (Wildman–Crippen MR) is 77.5 cm³/mol. The molecule has 19 heavy (non-hydrogen) atoms. The highest BCUT2D eigenvalue weighted by atomic mass is 32.2. The first-order valence-corrected chi connectivity index (χ1v) is 8.58. The van der Waals surface area contributed by atoms with Crippen molar-refractivity contribution in [2.75, 3.05) is 0 Å². The molecule has 4 heteroatoms. The van der Waals surface area contributed by atoms with Crippen LogP contribution in [0.3, 0.4) is 0 Å². The molecule has 0 heterocycles. The second kappa shape index (κ2) is 6.06. The van der Waals surface area contributed by atoms with Crippen molar-refractivity contribution in [3.8, 4) is 0 Å². The van der Waals surface area contributed by atoms with Gasteiger partial charge in [0.15, 0.2) is 0 Å². The van der Waals surface area contributed by atoms with E-state index in [-0.39, 0.29) is 6.04 Å². The van der Waals surface area contributed by atoms with Crippen LogP contribution in [0.1, 0.15) is 44.6 Å². The lowest BCUT2D eigenvalue weighted by Gasteiger charge is -2.28. The molecule has 1 aliphatic carbocycles. The van der Waals surface area contributed by atoms with E-state index in [4.69, 9.17) is 0 Å². The fourth-order valence-electron chi connectivity index (χ4n) is 2.77. The number of nitrogens with one attached hydrogen (secondary N) is 1. The normalized spacial score (nSPS) is 24.3. The lowest BCUT2D eigenvalue weighted by molar-refractivity contribution is 0.301. The van der Waals surface area contributed by atoms with Crippen LogP contribution in [0.5, 0.6) is 0 Å². The van der Waals surface area contributed by atoms with Crippen molar-refractivity contribution in [2.24, 2.45) is 5.92 Å². The Kier molecular flexibility index (Phi) is 4.63. The van der Waals surface area contributed by atoms with Crippen molar-refractivity contribution < 1.29 is 8.42 Å². The number of benzene rings is 1. The Bertz CT molecular complexity index is 507.